The monoisotopic (exact) mass is 385 g/mol. The molecule has 28 heavy (non-hydrogen) atoms. The summed E-state index contributed by atoms with van der Waals surface area (Å²) in [6, 6.07) is 13.9. The lowest BCUT2D eigenvalue weighted by molar-refractivity contribution is 0.251. The van der Waals surface area contributed by atoms with Gasteiger partial charge in [-0.05, 0) is 53.6 Å². The van der Waals surface area contributed by atoms with Gasteiger partial charge in [0.15, 0.2) is 0 Å². The molecule has 0 saturated carbocycles. The van der Waals surface area contributed by atoms with Gasteiger partial charge in [-0.2, -0.15) is 9.64 Å². The molecule has 2 heterocycles. The van der Waals surface area contributed by atoms with E-state index in [2.05, 4.69) is 53.7 Å². The van der Waals surface area contributed by atoms with Gasteiger partial charge in [0.1, 0.15) is 0 Å². The average Bonchev–Trinajstić information content (AvgIpc) is 3.20. The van der Waals surface area contributed by atoms with Crippen molar-refractivity contribution < 1.29 is 0 Å². The summed E-state index contributed by atoms with van der Waals surface area (Å²) >= 11 is 1.56. The maximum atomic E-state index is 9.31. The van der Waals surface area contributed by atoms with Gasteiger partial charge in [0.05, 0.1) is 23.0 Å². The molecule has 1 aliphatic carbocycles. The molecule has 1 aliphatic rings. The highest BCUT2D eigenvalue weighted by atomic mass is 32.1. The van der Waals surface area contributed by atoms with Crippen LogP contribution in [0.3, 0.4) is 0 Å². The van der Waals surface area contributed by atoms with E-state index in [0.29, 0.717) is 17.4 Å². The van der Waals surface area contributed by atoms with Crippen LogP contribution in [0, 0.1) is 23.2 Å². The highest BCUT2D eigenvalue weighted by Gasteiger charge is 2.40. The van der Waals surface area contributed by atoms with E-state index < -0.39 is 0 Å². The van der Waals surface area contributed by atoms with Gasteiger partial charge < -0.3 is 0 Å². The van der Waals surface area contributed by atoms with Gasteiger partial charge in [-0.15, -0.1) is 0 Å². The summed E-state index contributed by atoms with van der Waals surface area (Å²) in [5.41, 5.74) is 6.05. The lowest BCUT2D eigenvalue weighted by Gasteiger charge is -2.41. The molecule has 0 N–H and O–H groups in total. The number of hydrogen-bond donors (Lipinski definition) is 0. The van der Waals surface area contributed by atoms with Gasteiger partial charge in [-0.1, -0.05) is 51.1 Å². The number of benzene rings is 1. The molecular formula is C24H23N3S. The highest BCUT2D eigenvalue weighted by molar-refractivity contribution is 7.03. The van der Waals surface area contributed by atoms with Crippen LogP contribution in [-0.2, 0) is 11.8 Å². The minimum atomic E-state index is -0.0340. The quantitative estimate of drug-likeness (QED) is 0.566. The number of nitrogens with zero attached hydrogens (tertiary/aromatic N) is 3. The zero-order valence-electron chi connectivity index (χ0n) is 16.4. The second kappa shape index (κ2) is 7.33. The van der Waals surface area contributed by atoms with E-state index in [4.69, 9.17) is 0 Å². The van der Waals surface area contributed by atoms with Crippen molar-refractivity contribution in [2.45, 2.75) is 32.6 Å². The van der Waals surface area contributed by atoms with Crippen LogP contribution in [-0.4, -0.2) is 9.36 Å². The zero-order valence-corrected chi connectivity index (χ0v) is 17.2. The number of fused-ring (bicyclic) bond motifs is 1. The lowest BCUT2D eigenvalue weighted by Crippen LogP contribution is -2.38. The molecule has 0 bridgehead atoms. The fraction of sp³-hybridized carbons (Fsp3) is 0.292. The van der Waals surface area contributed by atoms with Crippen LogP contribution in [0.25, 0.3) is 17.2 Å². The maximum absolute atomic E-state index is 9.31. The zero-order chi connectivity index (χ0) is 19.7. The smallest absolute Gasteiger partial charge is 0.0998 e. The SMILES string of the molecule is C[C@@H]1[C@@H](C)Cc2nscc2[C@@]1(C)/C=C/c1ccc(-c2ccccc2C#N)cn1. The molecule has 4 heteroatoms. The Morgan fingerprint density at radius 2 is 2.04 bits per heavy atom. The molecule has 3 nitrogen and oxygen atoms in total. The molecule has 140 valence electrons. The van der Waals surface area contributed by atoms with Crippen molar-refractivity contribution in [2.75, 3.05) is 0 Å². The summed E-state index contributed by atoms with van der Waals surface area (Å²) in [5, 5.41) is 11.5. The molecule has 1 aromatic carbocycles. The third-order valence-electron chi connectivity index (χ3n) is 6.28. The molecule has 0 saturated heterocycles. The topological polar surface area (TPSA) is 49.6 Å². The summed E-state index contributed by atoms with van der Waals surface area (Å²) in [6.45, 7) is 6.97. The number of hydrogen-bond acceptors (Lipinski definition) is 4. The second-order valence-corrected chi connectivity index (χ2v) is 8.52. The van der Waals surface area contributed by atoms with Gasteiger partial charge in [0, 0.05) is 28.1 Å². The van der Waals surface area contributed by atoms with Gasteiger partial charge in [-0.25, -0.2) is 0 Å². The van der Waals surface area contributed by atoms with Crippen molar-refractivity contribution >= 4 is 17.6 Å². The second-order valence-electron chi connectivity index (χ2n) is 7.89. The van der Waals surface area contributed by atoms with Crippen LogP contribution in [0.4, 0.5) is 0 Å². The normalized spacial score (nSPS) is 24.1. The third kappa shape index (κ3) is 3.16. The first kappa shape index (κ1) is 18.6. The van der Waals surface area contributed by atoms with Crippen LogP contribution in [0.1, 0.15) is 43.3 Å². The van der Waals surface area contributed by atoms with Crippen LogP contribution >= 0.6 is 11.5 Å². The van der Waals surface area contributed by atoms with Crippen LogP contribution in [0.5, 0.6) is 0 Å². The van der Waals surface area contributed by atoms with Crippen molar-refractivity contribution in [3.8, 4) is 17.2 Å². The molecule has 0 unspecified atom stereocenters. The Hall–Kier alpha value is -2.77. The van der Waals surface area contributed by atoms with Crippen molar-refractivity contribution in [3.05, 3.63) is 76.6 Å². The van der Waals surface area contributed by atoms with Gasteiger partial charge in [-0.3, -0.25) is 4.98 Å². The molecule has 0 spiro atoms. The Kier molecular flexibility index (Phi) is 4.87. The number of aromatic nitrogens is 2. The molecule has 3 aromatic rings. The summed E-state index contributed by atoms with van der Waals surface area (Å²) in [6.07, 6.45) is 7.33. The van der Waals surface area contributed by atoms with E-state index in [-0.39, 0.29) is 5.41 Å². The van der Waals surface area contributed by atoms with E-state index in [1.165, 1.54) is 11.3 Å². The fourth-order valence-corrected chi connectivity index (χ4v) is 5.01. The van der Waals surface area contributed by atoms with Crippen LogP contribution < -0.4 is 0 Å². The predicted octanol–water partition coefficient (Wildman–Crippen LogP) is 5.88. The van der Waals surface area contributed by atoms with E-state index >= 15 is 0 Å². The number of nitriles is 1. The predicted molar refractivity (Wildman–Crippen MR) is 115 cm³/mol. The van der Waals surface area contributed by atoms with E-state index in [9.17, 15) is 5.26 Å². The first-order valence-electron chi connectivity index (χ1n) is 9.61. The van der Waals surface area contributed by atoms with Crippen LogP contribution in [0.2, 0.25) is 0 Å². The minimum Gasteiger partial charge on any atom is -0.256 e. The van der Waals surface area contributed by atoms with Crippen molar-refractivity contribution in [1.29, 1.82) is 5.26 Å². The average molecular weight is 386 g/mol. The first-order valence-corrected chi connectivity index (χ1v) is 10.4. The summed E-state index contributed by atoms with van der Waals surface area (Å²) in [4.78, 5) is 4.62. The Balaban J connectivity index is 1.63. The number of pyridine rings is 1. The summed E-state index contributed by atoms with van der Waals surface area (Å²) < 4.78 is 4.62. The van der Waals surface area contributed by atoms with Crippen molar-refractivity contribution in [2.24, 2.45) is 11.8 Å². The Bertz CT molecular complexity index is 1060. The fourth-order valence-electron chi connectivity index (χ4n) is 4.16. The van der Waals surface area contributed by atoms with Crippen molar-refractivity contribution in [1.82, 2.24) is 9.36 Å². The largest absolute Gasteiger partial charge is 0.256 e. The summed E-state index contributed by atoms with van der Waals surface area (Å²) in [7, 11) is 0. The van der Waals surface area contributed by atoms with Crippen LogP contribution in [0.15, 0.2) is 54.1 Å². The van der Waals surface area contributed by atoms with Gasteiger partial charge in [0.2, 0.25) is 0 Å². The first-order chi connectivity index (χ1) is 13.5. The van der Waals surface area contributed by atoms with E-state index in [1.807, 2.05) is 42.6 Å². The minimum absolute atomic E-state index is 0.0340. The Morgan fingerprint density at radius 1 is 1.21 bits per heavy atom. The Labute approximate surface area is 170 Å². The van der Waals surface area contributed by atoms with E-state index in [1.54, 1.807) is 11.5 Å². The number of allylic oxidation sites excluding steroid dienone is 1. The van der Waals surface area contributed by atoms with Crippen molar-refractivity contribution in [3.63, 3.8) is 0 Å². The Morgan fingerprint density at radius 3 is 2.79 bits per heavy atom. The third-order valence-corrected chi connectivity index (χ3v) is 6.95. The molecule has 0 radical (unpaired) electrons. The lowest BCUT2D eigenvalue weighted by atomic mass is 9.63. The highest BCUT2D eigenvalue weighted by Crippen LogP contribution is 2.45. The molecule has 0 aliphatic heterocycles. The molecule has 4 rings (SSSR count). The van der Waals surface area contributed by atoms with E-state index in [0.717, 1.165) is 23.2 Å². The maximum Gasteiger partial charge on any atom is 0.0998 e. The molecule has 0 fully saturated rings. The number of rotatable bonds is 3. The molecule has 2 aromatic heterocycles. The molecule has 0 amide bonds. The molecule has 3 atom stereocenters. The molecular weight excluding hydrogens is 362 g/mol. The van der Waals surface area contributed by atoms with Gasteiger partial charge in [0.25, 0.3) is 0 Å². The summed E-state index contributed by atoms with van der Waals surface area (Å²) in [5.74, 6) is 1.14. The van der Waals surface area contributed by atoms with Gasteiger partial charge >= 0.3 is 0 Å². The standard InChI is InChI=1S/C24H23N3S/c1-16-12-23-22(15-28-27-23)24(3,17(16)2)11-10-20-9-8-19(14-26-20)21-7-5-4-6-18(21)13-25/h4-11,14-17H,12H2,1-3H3/b11-10+/t16-,17+,24-/m0/s1.